The molecule has 1 aliphatic rings. The highest BCUT2D eigenvalue weighted by atomic mass is 32.2. The van der Waals surface area contributed by atoms with Gasteiger partial charge in [-0.05, 0) is 37.6 Å². The number of thioether (sulfide) groups is 1. The van der Waals surface area contributed by atoms with E-state index in [0.717, 1.165) is 19.5 Å². The summed E-state index contributed by atoms with van der Waals surface area (Å²) in [7, 11) is 1.93. The van der Waals surface area contributed by atoms with Crippen molar-refractivity contribution in [1.29, 1.82) is 0 Å². The van der Waals surface area contributed by atoms with Crippen molar-refractivity contribution < 1.29 is 4.79 Å². The number of hydrogen-bond donors (Lipinski definition) is 2. The van der Waals surface area contributed by atoms with Gasteiger partial charge in [0.25, 0.3) is 0 Å². The molecule has 0 bridgehead atoms. The van der Waals surface area contributed by atoms with Crippen molar-refractivity contribution in [2.45, 2.75) is 23.5 Å². The van der Waals surface area contributed by atoms with Crippen LogP contribution >= 0.6 is 11.8 Å². The van der Waals surface area contributed by atoms with Gasteiger partial charge < -0.3 is 10.6 Å². The second kappa shape index (κ2) is 6.25. The molecule has 2 N–H and O–H groups in total. The average Bonchev–Trinajstić information content (AvgIpc) is 2.80. The highest BCUT2D eigenvalue weighted by molar-refractivity contribution is 8.01. The third-order valence-electron chi connectivity index (χ3n) is 3.12. The van der Waals surface area contributed by atoms with Gasteiger partial charge in [-0.15, -0.1) is 11.8 Å². The van der Waals surface area contributed by atoms with E-state index in [1.165, 1.54) is 10.5 Å². The molecule has 1 heterocycles. The van der Waals surface area contributed by atoms with Crippen LogP contribution in [0.25, 0.3) is 0 Å². The predicted molar refractivity (Wildman–Crippen MR) is 75.9 cm³/mol. The number of benzene rings is 1. The van der Waals surface area contributed by atoms with Crippen LogP contribution in [0.15, 0.2) is 29.2 Å². The maximum absolute atomic E-state index is 12.1. The van der Waals surface area contributed by atoms with E-state index in [0.29, 0.717) is 5.92 Å². The molecule has 0 aliphatic carbocycles. The Kier molecular flexibility index (Phi) is 4.66. The summed E-state index contributed by atoms with van der Waals surface area (Å²) in [6, 6.07) is 8.27. The fraction of sp³-hybridized carbons (Fsp3) is 0.500. The molecule has 0 radical (unpaired) electrons. The lowest BCUT2D eigenvalue weighted by Crippen LogP contribution is -2.37. The number of fused-ring (bicyclic) bond motifs is 1. The Bertz CT molecular complexity index is 397. The van der Waals surface area contributed by atoms with Gasteiger partial charge in [-0.3, -0.25) is 4.79 Å². The second-order valence-electron chi connectivity index (χ2n) is 4.83. The van der Waals surface area contributed by atoms with E-state index in [4.69, 9.17) is 0 Å². The molecular weight excluding hydrogens is 244 g/mol. The summed E-state index contributed by atoms with van der Waals surface area (Å²) >= 11 is 1.68. The summed E-state index contributed by atoms with van der Waals surface area (Å²) in [5.41, 5.74) is 1.30. The van der Waals surface area contributed by atoms with E-state index in [9.17, 15) is 4.79 Å². The van der Waals surface area contributed by atoms with Crippen LogP contribution in [0.1, 0.15) is 12.5 Å². The predicted octanol–water partition coefficient (Wildman–Crippen LogP) is 1.68. The SMILES string of the molecule is CNCC(C)CNC(=O)C1Cc2ccccc2S1. The Morgan fingerprint density at radius 3 is 2.94 bits per heavy atom. The van der Waals surface area contributed by atoms with Crippen molar-refractivity contribution in [2.24, 2.45) is 5.92 Å². The molecule has 0 fully saturated rings. The monoisotopic (exact) mass is 264 g/mol. The zero-order chi connectivity index (χ0) is 13.0. The first-order chi connectivity index (χ1) is 8.70. The lowest BCUT2D eigenvalue weighted by Gasteiger charge is -2.14. The van der Waals surface area contributed by atoms with Gasteiger partial charge in [-0.2, -0.15) is 0 Å². The standard InChI is InChI=1S/C14H20N2OS/c1-10(8-15-2)9-16-14(17)13-7-11-5-3-4-6-12(11)18-13/h3-6,10,13,15H,7-9H2,1-2H3,(H,16,17). The molecular formula is C14H20N2OS. The van der Waals surface area contributed by atoms with Gasteiger partial charge in [-0.25, -0.2) is 0 Å². The number of hydrogen-bond acceptors (Lipinski definition) is 3. The molecule has 1 aromatic carbocycles. The van der Waals surface area contributed by atoms with Crippen molar-refractivity contribution in [2.75, 3.05) is 20.1 Å². The molecule has 2 unspecified atom stereocenters. The zero-order valence-electron chi connectivity index (χ0n) is 10.9. The summed E-state index contributed by atoms with van der Waals surface area (Å²) in [5.74, 6) is 0.631. The average molecular weight is 264 g/mol. The molecule has 1 aromatic rings. The first-order valence-electron chi connectivity index (χ1n) is 6.37. The van der Waals surface area contributed by atoms with Crippen molar-refractivity contribution in [1.82, 2.24) is 10.6 Å². The van der Waals surface area contributed by atoms with Gasteiger partial charge >= 0.3 is 0 Å². The fourth-order valence-electron chi connectivity index (χ4n) is 2.14. The molecule has 2 rings (SSSR count). The van der Waals surface area contributed by atoms with Crippen LogP contribution in [-0.4, -0.2) is 31.3 Å². The Labute approximate surface area is 113 Å². The summed E-state index contributed by atoms with van der Waals surface area (Å²) in [4.78, 5) is 13.3. The number of rotatable bonds is 5. The summed E-state index contributed by atoms with van der Waals surface area (Å²) in [6.45, 7) is 3.80. The first kappa shape index (κ1) is 13.4. The maximum atomic E-state index is 12.1. The highest BCUT2D eigenvalue weighted by Crippen LogP contribution is 2.36. The van der Waals surface area contributed by atoms with Crippen molar-refractivity contribution >= 4 is 17.7 Å². The Morgan fingerprint density at radius 2 is 2.22 bits per heavy atom. The molecule has 3 nitrogen and oxygen atoms in total. The van der Waals surface area contributed by atoms with E-state index in [1.807, 2.05) is 19.2 Å². The first-order valence-corrected chi connectivity index (χ1v) is 7.25. The fourth-order valence-corrected chi connectivity index (χ4v) is 3.36. The Morgan fingerprint density at radius 1 is 1.44 bits per heavy atom. The minimum Gasteiger partial charge on any atom is -0.355 e. The molecule has 1 amide bonds. The van der Waals surface area contributed by atoms with Crippen molar-refractivity contribution in [3.8, 4) is 0 Å². The van der Waals surface area contributed by atoms with E-state index in [2.05, 4.69) is 29.7 Å². The largest absolute Gasteiger partial charge is 0.355 e. The van der Waals surface area contributed by atoms with Crippen LogP contribution in [0, 0.1) is 5.92 Å². The third-order valence-corrected chi connectivity index (χ3v) is 4.43. The van der Waals surface area contributed by atoms with Gasteiger partial charge in [0.05, 0.1) is 5.25 Å². The normalized spacial score (nSPS) is 19.3. The van der Waals surface area contributed by atoms with Crippen molar-refractivity contribution in [3.05, 3.63) is 29.8 Å². The van der Waals surface area contributed by atoms with Gasteiger partial charge in [0.1, 0.15) is 0 Å². The van der Waals surface area contributed by atoms with Crippen LogP contribution in [0.3, 0.4) is 0 Å². The summed E-state index contributed by atoms with van der Waals surface area (Å²) in [6.07, 6.45) is 0.854. The van der Waals surface area contributed by atoms with Gasteiger partial charge in [0.15, 0.2) is 0 Å². The van der Waals surface area contributed by atoms with E-state index >= 15 is 0 Å². The maximum Gasteiger partial charge on any atom is 0.233 e. The molecule has 0 saturated heterocycles. The number of carbonyl (C=O) groups excluding carboxylic acids is 1. The van der Waals surface area contributed by atoms with Crippen LogP contribution in [0.5, 0.6) is 0 Å². The number of amides is 1. The molecule has 4 heteroatoms. The quantitative estimate of drug-likeness (QED) is 0.850. The zero-order valence-corrected chi connectivity index (χ0v) is 11.7. The van der Waals surface area contributed by atoms with Gasteiger partial charge in [0, 0.05) is 11.4 Å². The second-order valence-corrected chi connectivity index (χ2v) is 6.07. The minimum absolute atomic E-state index is 0.0455. The summed E-state index contributed by atoms with van der Waals surface area (Å²) < 4.78 is 0. The molecule has 0 saturated carbocycles. The Balaban J connectivity index is 1.82. The lowest BCUT2D eigenvalue weighted by atomic mass is 10.1. The van der Waals surface area contributed by atoms with Crippen LogP contribution in [-0.2, 0) is 11.2 Å². The third kappa shape index (κ3) is 3.27. The molecule has 0 spiro atoms. The smallest absolute Gasteiger partial charge is 0.233 e. The number of nitrogens with one attached hydrogen (secondary N) is 2. The van der Waals surface area contributed by atoms with Crippen LogP contribution < -0.4 is 10.6 Å². The molecule has 0 aromatic heterocycles. The molecule has 18 heavy (non-hydrogen) atoms. The highest BCUT2D eigenvalue weighted by Gasteiger charge is 2.27. The molecule has 98 valence electrons. The van der Waals surface area contributed by atoms with Crippen LogP contribution in [0.4, 0.5) is 0 Å². The van der Waals surface area contributed by atoms with Gasteiger partial charge in [-0.1, -0.05) is 25.1 Å². The minimum atomic E-state index is 0.0455. The van der Waals surface area contributed by atoms with Crippen molar-refractivity contribution in [3.63, 3.8) is 0 Å². The van der Waals surface area contributed by atoms with E-state index in [-0.39, 0.29) is 11.2 Å². The number of carbonyl (C=O) groups is 1. The van der Waals surface area contributed by atoms with Gasteiger partial charge in [0.2, 0.25) is 5.91 Å². The summed E-state index contributed by atoms with van der Waals surface area (Å²) in [5, 5.41) is 6.21. The Hall–Kier alpha value is -1.00. The topological polar surface area (TPSA) is 41.1 Å². The molecule has 1 aliphatic heterocycles. The van der Waals surface area contributed by atoms with E-state index in [1.54, 1.807) is 11.8 Å². The molecule has 2 atom stereocenters. The lowest BCUT2D eigenvalue weighted by molar-refractivity contribution is -0.120. The van der Waals surface area contributed by atoms with E-state index < -0.39 is 0 Å². The van der Waals surface area contributed by atoms with Crippen LogP contribution in [0.2, 0.25) is 0 Å².